The van der Waals surface area contributed by atoms with E-state index in [1.165, 1.54) is 6.07 Å². The molecule has 25 heavy (non-hydrogen) atoms. The van der Waals surface area contributed by atoms with E-state index in [2.05, 4.69) is 15.2 Å². The van der Waals surface area contributed by atoms with Crippen molar-refractivity contribution in [1.82, 2.24) is 9.88 Å². The quantitative estimate of drug-likeness (QED) is 0.684. The van der Waals surface area contributed by atoms with Gasteiger partial charge in [0.15, 0.2) is 0 Å². The van der Waals surface area contributed by atoms with E-state index in [4.69, 9.17) is 0 Å². The van der Waals surface area contributed by atoms with Crippen molar-refractivity contribution >= 4 is 23.1 Å². The Kier molecular flexibility index (Phi) is 4.78. The molecule has 2 amide bonds. The average molecular weight is 341 g/mol. The summed E-state index contributed by atoms with van der Waals surface area (Å²) in [7, 11) is 0. The number of piperazine rings is 1. The van der Waals surface area contributed by atoms with Crippen LogP contribution in [0, 0.1) is 17.0 Å². The first-order chi connectivity index (χ1) is 12.0. The van der Waals surface area contributed by atoms with Crippen molar-refractivity contribution in [2.45, 2.75) is 6.92 Å². The fourth-order valence-corrected chi connectivity index (χ4v) is 2.78. The van der Waals surface area contributed by atoms with E-state index in [0.29, 0.717) is 26.2 Å². The molecule has 0 aliphatic carbocycles. The van der Waals surface area contributed by atoms with Gasteiger partial charge in [-0.3, -0.25) is 15.1 Å². The summed E-state index contributed by atoms with van der Waals surface area (Å²) in [6.45, 7) is 4.26. The van der Waals surface area contributed by atoms with E-state index in [1.807, 2.05) is 13.0 Å². The van der Waals surface area contributed by atoms with Gasteiger partial charge in [-0.1, -0.05) is 6.07 Å². The first-order valence-electron chi connectivity index (χ1n) is 8.00. The maximum absolute atomic E-state index is 12.4. The minimum atomic E-state index is -0.399. The molecule has 0 bridgehead atoms. The Morgan fingerprint density at radius 2 is 2.00 bits per heavy atom. The third-order valence-corrected chi connectivity index (χ3v) is 4.23. The number of nitrogens with one attached hydrogen (secondary N) is 1. The van der Waals surface area contributed by atoms with Crippen molar-refractivity contribution < 1.29 is 9.72 Å². The molecule has 3 rings (SSSR count). The zero-order valence-electron chi connectivity index (χ0n) is 13.9. The van der Waals surface area contributed by atoms with Crippen LogP contribution in [0.2, 0.25) is 0 Å². The molecule has 0 unspecified atom stereocenters. The lowest BCUT2D eigenvalue weighted by Crippen LogP contribution is -2.50. The smallest absolute Gasteiger partial charge is 0.321 e. The van der Waals surface area contributed by atoms with Gasteiger partial charge in [0, 0.05) is 62.1 Å². The summed E-state index contributed by atoms with van der Waals surface area (Å²) in [6, 6.07) is 8.20. The van der Waals surface area contributed by atoms with Crippen LogP contribution in [-0.4, -0.2) is 47.0 Å². The normalized spacial score (nSPS) is 14.3. The number of amides is 2. The molecule has 1 saturated heterocycles. The van der Waals surface area contributed by atoms with Gasteiger partial charge in [0.05, 0.1) is 4.92 Å². The number of anilines is 2. The van der Waals surface area contributed by atoms with Crippen LogP contribution in [-0.2, 0) is 0 Å². The fourth-order valence-electron chi connectivity index (χ4n) is 2.78. The number of carbonyl (C=O) groups excluding carboxylic acids is 1. The number of aromatic nitrogens is 1. The topological polar surface area (TPSA) is 91.6 Å². The van der Waals surface area contributed by atoms with Crippen molar-refractivity contribution in [2.24, 2.45) is 0 Å². The standard InChI is InChI=1S/C17H19N5O3/c1-13-12-18-6-5-16(13)19-17(23)21-9-7-20(8-10-21)14-3-2-4-15(11-14)22(24)25/h2-6,11-12H,7-10H2,1H3,(H,18,19,23). The number of hydrogen-bond donors (Lipinski definition) is 1. The summed E-state index contributed by atoms with van der Waals surface area (Å²) in [6.07, 6.45) is 3.35. The third kappa shape index (κ3) is 3.85. The number of urea groups is 1. The number of hydrogen-bond acceptors (Lipinski definition) is 5. The number of nitrogens with zero attached hydrogens (tertiary/aromatic N) is 4. The number of nitro benzene ring substituents is 1. The molecule has 2 aromatic rings. The number of pyridine rings is 1. The summed E-state index contributed by atoms with van der Waals surface area (Å²) in [5, 5.41) is 13.8. The Labute approximate surface area is 145 Å². The van der Waals surface area contributed by atoms with Gasteiger partial charge in [-0.2, -0.15) is 0 Å². The molecule has 1 aliphatic rings. The highest BCUT2D eigenvalue weighted by Crippen LogP contribution is 2.22. The van der Waals surface area contributed by atoms with Crippen molar-refractivity contribution in [3.05, 3.63) is 58.4 Å². The second-order valence-electron chi connectivity index (χ2n) is 5.87. The highest BCUT2D eigenvalue weighted by Gasteiger charge is 2.22. The van der Waals surface area contributed by atoms with Crippen LogP contribution in [0.1, 0.15) is 5.56 Å². The van der Waals surface area contributed by atoms with Gasteiger partial charge in [-0.15, -0.1) is 0 Å². The highest BCUT2D eigenvalue weighted by atomic mass is 16.6. The van der Waals surface area contributed by atoms with E-state index in [-0.39, 0.29) is 11.7 Å². The molecular weight excluding hydrogens is 322 g/mol. The fraction of sp³-hybridized carbons (Fsp3) is 0.294. The minimum absolute atomic E-state index is 0.0748. The van der Waals surface area contributed by atoms with Crippen LogP contribution in [0.15, 0.2) is 42.7 Å². The molecule has 1 aromatic carbocycles. The molecule has 0 saturated carbocycles. The van der Waals surface area contributed by atoms with Crippen molar-refractivity contribution in [1.29, 1.82) is 0 Å². The molecule has 130 valence electrons. The lowest BCUT2D eigenvalue weighted by molar-refractivity contribution is -0.384. The van der Waals surface area contributed by atoms with Gasteiger partial charge < -0.3 is 15.1 Å². The molecule has 0 radical (unpaired) electrons. The number of nitro groups is 1. The highest BCUT2D eigenvalue weighted by molar-refractivity contribution is 5.90. The van der Waals surface area contributed by atoms with Crippen LogP contribution in [0.3, 0.4) is 0 Å². The zero-order chi connectivity index (χ0) is 17.8. The lowest BCUT2D eigenvalue weighted by atomic mass is 10.2. The molecule has 1 aliphatic heterocycles. The summed E-state index contributed by atoms with van der Waals surface area (Å²) in [5.74, 6) is 0. The van der Waals surface area contributed by atoms with Crippen LogP contribution < -0.4 is 10.2 Å². The van der Waals surface area contributed by atoms with Gasteiger partial charge in [0.25, 0.3) is 5.69 Å². The molecule has 8 nitrogen and oxygen atoms in total. The second kappa shape index (κ2) is 7.16. The van der Waals surface area contributed by atoms with Gasteiger partial charge in [-0.25, -0.2) is 4.79 Å². The number of rotatable bonds is 3. The van der Waals surface area contributed by atoms with E-state index < -0.39 is 4.92 Å². The predicted molar refractivity (Wildman–Crippen MR) is 94.9 cm³/mol. The van der Waals surface area contributed by atoms with E-state index in [9.17, 15) is 14.9 Å². The first kappa shape index (κ1) is 16.7. The molecule has 2 heterocycles. The van der Waals surface area contributed by atoms with Crippen molar-refractivity contribution in [3.63, 3.8) is 0 Å². The van der Waals surface area contributed by atoms with Crippen molar-refractivity contribution in [2.75, 3.05) is 36.4 Å². The summed E-state index contributed by atoms with van der Waals surface area (Å²) < 4.78 is 0. The average Bonchev–Trinajstić information content (AvgIpc) is 2.64. The first-order valence-corrected chi connectivity index (χ1v) is 8.00. The van der Waals surface area contributed by atoms with Gasteiger partial charge in [0.1, 0.15) is 0 Å². The number of non-ortho nitro benzene ring substituents is 1. The Hall–Kier alpha value is -3.16. The lowest BCUT2D eigenvalue weighted by Gasteiger charge is -2.36. The Morgan fingerprint density at radius 1 is 1.24 bits per heavy atom. The van der Waals surface area contributed by atoms with Crippen molar-refractivity contribution in [3.8, 4) is 0 Å². The SMILES string of the molecule is Cc1cnccc1NC(=O)N1CCN(c2cccc([N+](=O)[O-])c2)CC1. The second-order valence-corrected chi connectivity index (χ2v) is 5.87. The number of carbonyl (C=O) groups is 1. The third-order valence-electron chi connectivity index (χ3n) is 4.23. The maximum Gasteiger partial charge on any atom is 0.321 e. The van der Waals surface area contributed by atoms with E-state index in [1.54, 1.807) is 35.5 Å². The molecule has 0 atom stereocenters. The minimum Gasteiger partial charge on any atom is -0.368 e. The Morgan fingerprint density at radius 3 is 2.68 bits per heavy atom. The molecule has 1 N–H and O–H groups in total. The molecular formula is C17H19N5O3. The Balaban J connectivity index is 1.60. The summed E-state index contributed by atoms with van der Waals surface area (Å²) in [4.78, 5) is 30.7. The zero-order valence-corrected chi connectivity index (χ0v) is 13.9. The summed E-state index contributed by atoms with van der Waals surface area (Å²) >= 11 is 0. The van der Waals surface area contributed by atoms with Gasteiger partial charge >= 0.3 is 6.03 Å². The van der Waals surface area contributed by atoms with Crippen LogP contribution in [0.4, 0.5) is 21.9 Å². The molecule has 0 spiro atoms. The van der Waals surface area contributed by atoms with Gasteiger partial charge in [-0.05, 0) is 24.6 Å². The largest absolute Gasteiger partial charge is 0.368 e. The van der Waals surface area contributed by atoms with E-state index in [0.717, 1.165) is 16.9 Å². The Bertz CT molecular complexity index is 787. The summed E-state index contributed by atoms with van der Waals surface area (Å²) in [5.41, 5.74) is 2.54. The monoisotopic (exact) mass is 341 g/mol. The van der Waals surface area contributed by atoms with Crippen LogP contribution in [0.25, 0.3) is 0 Å². The maximum atomic E-state index is 12.4. The molecule has 1 fully saturated rings. The number of aryl methyl sites for hydroxylation is 1. The predicted octanol–water partition coefficient (Wildman–Crippen LogP) is 2.65. The van der Waals surface area contributed by atoms with Crippen LogP contribution >= 0.6 is 0 Å². The van der Waals surface area contributed by atoms with Crippen LogP contribution in [0.5, 0.6) is 0 Å². The van der Waals surface area contributed by atoms with E-state index >= 15 is 0 Å². The molecule has 1 aromatic heterocycles. The van der Waals surface area contributed by atoms with Gasteiger partial charge in [0.2, 0.25) is 0 Å². The molecule has 8 heteroatoms. The number of benzene rings is 1.